The van der Waals surface area contributed by atoms with E-state index in [2.05, 4.69) is 23.5 Å². The molecule has 68 valence electrons. The molecule has 0 aromatic rings. The average molecular weight is 334 g/mol. The van der Waals surface area contributed by atoms with Crippen molar-refractivity contribution in [2.45, 2.75) is 11.7 Å². The molecule has 0 atom stereocenters. The summed E-state index contributed by atoms with van der Waals surface area (Å²) in [6.45, 7) is 0. The normalized spacial score (nSPS) is 14.8. The Morgan fingerprint density at radius 2 is 1.91 bits per heavy atom. The zero-order valence-electron chi connectivity index (χ0n) is 7.70. The van der Waals surface area contributed by atoms with Crippen LogP contribution < -0.4 is 0 Å². The molecular formula is C9H17NPt. The fraction of sp³-hybridized carbons (Fsp3) is 0.556. The van der Waals surface area contributed by atoms with Crippen LogP contribution in [0.1, 0.15) is 6.42 Å². The minimum atomic E-state index is 0.394. The van der Waals surface area contributed by atoms with Gasteiger partial charge < -0.3 is 4.90 Å². The molecule has 0 spiro atoms. The summed E-state index contributed by atoms with van der Waals surface area (Å²) >= 11 is 0.394. The Morgan fingerprint density at radius 3 is 2.09 bits per heavy atom. The monoisotopic (exact) mass is 334 g/mol. The van der Waals surface area contributed by atoms with Crippen LogP contribution in [-0.4, -0.2) is 26.0 Å². The van der Waals surface area contributed by atoms with Crippen LogP contribution in [0.4, 0.5) is 0 Å². The van der Waals surface area contributed by atoms with Crippen LogP contribution in [0, 0.1) is 0 Å². The molecule has 1 aliphatic carbocycles. The molecule has 1 nitrogen and oxygen atoms in total. The first-order chi connectivity index (χ1) is 5.16. The van der Waals surface area contributed by atoms with Crippen LogP contribution in [0.25, 0.3) is 0 Å². The van der Waals surface area contributed by atoms with Gasteiger partial charge in [0.2, 0.25) is 0 Å². The number of allylic oxidation sites excluding steroid dienone is 4. The molecule has 0 radical (unpaired) electrons. The van der Waals surface area contributed by atoms with E-state index in [0.29, 0.717) is 18.6 Å². The van der Waals surface area contributed by atoms with Crippen LogP contribution >= 0.6 is 0 Å². The van der Waals surface area contributed by atoms with Crippen molar-refractivity contribution in [2.75, 3.05) is 21.1 Å². The fourth-order valence-electron chi connectivity index (χ4n) is 0.525. The predicted octanol–water partition coefficient (Wildman–Crippen LogP) is 2.14. The van der Waals surface area contributed by atoms with Crippen molar-refractivity contribution in [3.05, 3.63) is 22.2 Å². The first kappa shape index (κ1) is 11.1. The molecule has 0 saturated heterocycles. The van der Waals surface area contributed by atoms with Crippen LogP contribution in [0.15, 0.2) is 22.2 Å². The molecular weight excluding hydrogens is 317 g/mol. The van der Waals surface area contributed by atoms with E-state index >= 15 is 0 Å². The zero-order chi connectivity index (χ0) is 8.69. The first-order valence-electron chi connectivity index (χ1n) is 3.53. The average Bonchev–Trinajstić information content (AvgIpc) is 2.36. The van der Waals surface area contributed by atoms with E-state index < -0.39 is 0 Å². The molecule has 0 heterocycles. The molecule has 11 heavy (non-hydrogen) atoms. The van der Waals surface area contributed by atoms with Crippen molar-refractivity contribution < 1.29 is 18.6 Å². The van der Waals surface area contributed by atoms with Crippen molar-refractivity contribution >= 4 is 0 Å². The molecule has 0 aromatic carbocycles. The molecule has 0 fully saturated rings. The first-order valence-corrected chi connectivity index (χ1v) is 6.94. The molecule has 0 saturated carbocycles. The maximum absolute atomic E-state index is 2.30. The van der Waals surface area contributed by atoms with Crippen molar-refractivity contribution in [3.63, 3.8) is 0 Å². The quantitative estimate of drug-likeness (QED) is 0.710. The van der Waals surface area contributed by atoms with E-state index in [9.17, 15) is 0 Å². The third-order valence-corrected chi connectivity index (χ3v) is 3.21. The van der Waals surface area contributed by atoms with E-state index in [1.54, 1.807) is 3.96 Å². The van der Waals surface area contributed by atoms with E-state index in [1.807, 2.05) is 26.0 Å². The number of hydrogen-bond donors (Lipinski definition) is 0. The van der Waals surface area contributed by atoms with Crippen molar-refractivity contribution in [1.29, 1.82) is 0 Å². The van der Waals surface area contributed by atoms with Gasteiger partial charge in [-0.3, -0.25) is 0 Å². The SMILES string of the molecule is CN(C)C.[CH3][Pt][C]1=CC=CC1. The Hall–Kier alpha value is 0.128. The van der Waals surface area contributed by atoms with Gasteiger partial charge in [-0.25, -0.2) is 0 Å². The predicted molar refractivity (Wildman–Crippen MR) is 47.3 cm³/mol. The van der Waals surface area contributed by atoms with Gasteiger partial charge >= 0.3 is 52.5 Å². The summed E-state index contributed by atoms with van der Waals surface area (Å²) in [4.78, 5) is 2.00. The third kappa shape index (κ3) is 8.03. The van der Waals surface area contributed by atoms with E-state index in [0.717, 1.165) is 0 Å². The second kappa shape index (κ2) is 6.81. The fourth-order valence-corrected chi connectivity index (χ4v) is 1.85. The summed E-state index contributed by atoms with van der Waals surface area (Å²) in [7, 11) is 6.00. The summed E-state index contributed by atoms with van der Waals surface area (Å²) in [5.41, 5.74) is 0. The summed E-state index contributed by atoms with van der Waals surface area (Å²) in [6.07, 6.45) is 7.86. The Balaban J connectivity index is 0.000000218. The Morgan fingerprint density at radius 1 is 1.36 bits per heavy atom. The molecule has 1 rings (SSSR count). The van der Waals surface area contributed by atoms with Crippen molar-refractivity contribution in [1.82, 2.24) is 4.90 Å². The van der Waals surface area contributed by atoms with Gasteiger partial charge in [0.15, 0.2) is 0 Å². The number of nitrogens with zero attached hydrogens (tertiary/aromatic N) is 1. The van der Waals surface area contributed by atoms with Crippen LogP contribution in [0.2, 0.25) is 5.31 Å². The topological polar surface area (TPSA) is 3.24 Å². The van der Waals surface area contributed by atoms with Gasteiger partial charge in [0.05, 0.1) is 0 Å². The standard InChI is InChI=1S/C5H5.C3H9N.CH3.Pt/c1-2-4-5-3-1;1-4(2)3;;/h1-3H,4H2;1-3H3;1H3;. The van der Waals surface area contributed by atoms with Crippen LogP contribution in [0.3, 0.4) is 0 Å². The summed E-state index contributed by atoms with van der Waals surface area (Å²) in [5.74, 6) is 0. The molecule has 0 aliphatic heterocycles. The summed E-state index contributed by atoms with van der Waals surface area (Å²) < 4.78 is 1.67. The van der Waals surface area contributed by atoms with Gasteiger partial charge in [-0.15, -0.1) is 0 Å². The van der Waals surface area contributed by atoms with Gasteiger partial charge in [0.1, 0.15) is 0 Å². The number of rotatable bonds is 1. The molecule has 0 N–H and O–H groups in total. The van der Waals surface area contributed by atoms with Gasteiger partial charge in [-0.05, 0) is 21.1 Å². The molecule has 0 bridgehead atoms. The molecule has 0 aromatic heterocycles. The van der Waals surface area contributed by atoms with Crippen LogP contribution in [-0.2, 0) is 18.6 Å². The van der Waals surface area contributed by atoms with E-state index in [-0.39, 0.29) is 0 Å². The van der Waals surface area contributed by atoms with E-state index in [1.165, 1.54) is 6.42 Å². The molecule has 2 heteroatoms. The Labute approximate surface area is 78.7 Å². The van der Waals surface area contributed by atoms with Crippen molar-refractivity contribution in [2.24, 2.45) is 0 Å². The zero-order valence-corrected chi connectivity index (χ0v) is 9.97. The summed E-state index contributed by atoms with van der Waals surface area (Å²) in [5, 5.41) is 2.30. The van der Waals surface area contributed by atoms with Crippen LogP contribution in [0.5, 0.6) is 0 Å². The van der Waals surface area contributed by atoms with Gasteiger partial charge in [-0.1, -0.05) is 0 Å². The summed E-state index contributed by atoms with van der Waals surface area (Å²) in [6, 6.07) is 0. The van der Waals surface area contributed by atoms with E-state index in [4.69, 9.17) is 0 Å². The molecule has 0 amide bonds. The minimum absolute atomic E-state index is 0.394. The maximum atomic E-state index is 2.30. The Kier molecular flexibility index (Phi) is 6.89. The molecule has 1 aliphatic rings. The van der Waals surface area contributed by atoms with Gasteiger partial charge in [0, 0.05) is 0 Å². The van der Waals surface area contributed by atoms with Crippen molar-refractivity contribution in [3.8, 4) is 0 Å². The second-order valence-corrected chi connectivity index (χ2v) is 5.30. The molecule has 0 unspecified atom stereocenters. The van der Waals surface area contributed by atoms with Gasteiger partial charge in [-0.2, -0.15) is 0 Å². The third-order valence-electron chi connectivity index (χ3n) is 0.906. The number of hydrogen-bond acceptors (Lipinski definition) is 1. The van der Waals surface area contributed by atoms with Gasteiger partial charge in [0.25, 0.3) is 0 Å². The Bertz CT molecular complexity index is 145. The second-order valence-electron chi connectivity index (χ2n) is 2.71.